The minimum absolute atomic E-state index is 0.168. The molecule has 114 valence electrons. The molecule has 0 bridgehead atoms. The van der Waals surface area contributed by atoms with E-state index in [9.17, 15) is 13.2 Å². The fourth-order valence-electron chi connectivity index (χ4n) is 3.34. The zero-order valence-corrected chi connectivity index (χ0v) is 11.4. The molecule has 7 heteroatoms. The summed E-state index contributed by atoms with van der Waals surface area (Å²) >= 11 is 0. The van der Waals surface area contributed by atoms with Gasteiger partial charge in [0.1, 0.15) is 11.9 Å². The van der Waals surface area contributed by atoms with Gasteiger partial charge in [0, 0.05) is 30.0 Å². The predicted octanol–water partition coefficient (Wildman–Crippen LogP) is 2.38. The molecule has 0 saturated heterocycles. The van der Waals surface area contributed by atoms with Gasteiger partial charge in [-0.05, 0) is 25.1 Å². The highest BCUT2D eigenvalue weighted by atomic mass is 19.3. The number of hydrogen-bond donors (Lipinski definition) is 2. The normalized spacial score (nSPS) is 34.0. The summed E-state index contributed by atoms with van der Waals surface area (Å²) in [5.41, 5.74) is 10.6. The molecule has 1 aliphatic heterocycles. The van der Waals surface area contributed by atoms with Crippen molar-refractivity contribution in [1.82, 2.24) is 0 Å². The monoisotopic (exact) mass is 299 g/mol. The van der Waals surface area contributed by atoms with Gasteiger partial charge >= 0.3 is 0 Å². The first-order valence-electron chi connectivity index (χ1n) is 6.66. The number of rotatable bonds is 1. The molecule has 3 rings (SSSR count). The van der Waals surface area contributed by atoms with Gasteiger partial charge in [0.15, 0.2) is 0 Å². The highest BCUT2D eigenvalue weighted by Gasteiger charge is 2.58. The summed E-state index contributed by atoms with van der Waals surface area (Å²) < 4.78 is 46.9. The van der Waals surface area contributed by atoms with Gasteiger partial charge in [0.05, 0.1) is 5.54 Å². The highest BCUT2D eigenvalue weighted by molar-refractivity contribution is 5.73. The summed E-state index contributed by atoms with van der Waals surface area (Å²) in [7, 11) is 0. The lowest BCUT2D eigenvalue weighted by molar-refractivity contribution is -0.00277. The molecule has 1 saturated carbocycles. The molecular formula is C14H16F3N3O. The summed E-state index contributed by atoms with van der Waals surface area (Å²) in [5, 5.41) is 0. The van der Waals surface area contributed by atoms with E-state index in [0.717, 1.165) is 0 Å². The van der Waals surface area contributed by atoms with Crippen LogP contribution < -0.4 is 11.5 Å². The van der Waals surface area contributed by atoms with Crippen LogP contribution in [-0.2, 0) is 10.3 Å². The summed E-state index contributed by atoms with van der Waals surface area (Å²) in [4.78, 5) is 4.14. The number of nitrogen functional groups attached to an aromatic ring is 1. The van der Waals surface area contributed by atoms with Gasteiger partial charge in [-0.1, -0.05) is 0 Å². The third-order valence-electron chi connectivity index (χ3n) is 4.34. The van der Waals surface area contributed by atoms with E-state index in [1.807, 2.05) is 0 Å². The Morgan fingerprint density at radius 1 is 1.29 bits per heavy atom. The number of nitrogens with zero attached hydrogens (tertiary/aromatic N) is 1. The van der Waals surface area contributed by atoms with Crippen LogP contribution in [0.5, 0.6) is 0 Å². The summed E-state index contributed by atoms with van der Waals surface area (Å²) in [6, 6.07) is 3.85. The van der Waals surface area contributed by atoms with Crippen LogP contribution in [0.4, 0.5) is 18.9 Å². The molecule has 0 aromatic heterocycles. The number of anilines is 1. The number of hydrogen-bond acceptors (Lipinski definition) is 4. The summed E-state index contributed by atoms with van der Waals surface area (Å²) in [6.45, 7) is 1.60. The van der Waals surface area contributed by atoms with E-state index < -0.39 is 42.1 Å². The number of aliphatic imine (C=N–C) groups is 1. The smallest absolute Gasteiger partial charge is 0.283 e. The van der Waals surface area contributed by atoms with Gasteiger partial charge in [-0.15, -0.1) is 0 Å². The van der Waals surface area contributed by atoms with Crippen LogP contribution in [-0.4, -0.2) is 18.0 Å². The Labute approximate surface area is 120 Å². The van der Waals surface area contributed by atoms with Crippen LogP contribution in [0.1, 0.15) is 25.3 Å². The van der Waals surface area contributed by atoms with Gasteiger partial charge in [0.2, 0.25) is 0 Å². The van der Waals surface area contributed by atoms with Crippen molar-refractivity contribution in [1.29, 1.82) is 0 Å². The highest BCUT2D eigenvalue weighted by Crippen LogP contribution is 2.52. The van der Waals surface area contributed by atoms with Gasteiger partial charge in [0.25, 0.3) is 11.9 Å². The van der Waals surface area contributed by atoms with Crippen molar-refractivity contribution in [3.05, 3.63) is 29.6 Å². The number of ether oxygens (including phenoxy) is 1. The minimum Gasteiger partial charge on any atom is -0.461 e. The molecule has 2 aliphatic rings. The van der Waals surface area contributed by atoms with E-state index in [4.69, 9.17) is 16.2 Å². The van der Waals surface area contributed by atoms with Gasteiger partial charge in [-0.2, -0.15) is 0 Å². The molecule has 1 heterocycles. The quantitative estimate of drug-likeness (QED) is 0.782. The van der Waals surface area contributed by atoms with Crippen LogP contribution in [0.3, 0.4) is 0 Å². The topological polar surface area (TPSA) is 73.6 Å². The fourth-order valence-corrected chi connectivity index (χ4v) is 3.34. The second kappa shape index (κ2) is 4.29. The first kappa shape index (κ1) is 14.0. The SMILES string of the molecule is CC1(c2cc(N)ccc2F)N=C(N)OC2CC(F)(F)CC21. The van der Waals surface area contributed by atoms with Gasteiger partial charge in [-0.25, -0.2) is 18.2 Å². The molecule has 3 atom stereocenters. The van der Waals surface area contributed by atoms with E-state index in [-0.39, 0.29) is 11.6 Å². The zero-order chi connectivity index (χ0) is 15.4. The van der Waals surface area contributed by atoms with E-state index in [1.165, 1.54) is 18.2 Å². The second-order valence-corrected chi connectivity index (χ2v) is 5.86. The van der Waals surface area contributed by atoms with Crippen LogP contribution in [0.2, 0.25) is 0 Å². The lowest BCUT2D eigenvalue weighted by Crippen LogP contribution is -2.45. The Balaban J connectivity index is 2.13. The lowest BCUT2D eigenvalue weighted by Gasteiger charge is -2.39. The van der Waals surface area contributed by atoms with Crippen molar-refractivity contribution in [3.63, 3.8) is 0 Å². The molecule has 4 nitrogen and oxygen atoms in total. The summed E-state index contributed by atoms with van der Waals surface area (Å²) in [6.07, 6.45) is -1.63. The van der Waals surface area contributed by atoms with E-state index in [0.29, 0.717) is 5.69 Å². The molecule has 1 aromatic carbocycles. The predicted molar refractivity (Wildman–Crippen MR) is 72.3 cm³/mol. The van der Waals surface area contributed by atoms with Crippen molar-refractivity contribution in [2.75, 3.05) is 5.73 Å². The van der Waals surface area contributed by atoms with Gasteiger partial charge in [-0.3, -0.25) is 0 Å². The number of fused-ring (bicyclic) bond motifs is 1. The number of nitrogens with two attached hydrogens (primary N) is 2. The molecule has 4 N–H and O–H groups in total. The molecule has 0 radical (unpaired) electrons. The third-order valence-corrected chi connectivity index (χ3v) is 4.34. The van der Waals surface area contributed by atoms with Crippen LogP contribution >= 0.6 is 0 Å². The van der Waals surface area contributed by atoms with E-state index >= 15 is 0 Å². The molecule has 0 spiro atoms. The Morgan fingerprint density at radius 3 is 2.71 bits per heavy atom. The fraction of sp³-hybridized carbons (Fsp3) is 0.500. The molecular weight excluding hydrogens is 283 g/mol. The second-order valence-electron chi connectivity index (χ2n) is 5.86. The first-order valence-corrected chi connectivity index (χ1v) is 6.66. The van der Waals surface area contributed by atoms with E-state index in [1.54, 1.807) is 6.92 Å². The number of benzene rings is 1. The Hall–Kier alpha value is -1.92. The van der Waals surface area contributed by atoms with Crippen LogP contribution in [0.25, 0.3) is 0 Å². The molecule has 0 amide bonds. The van der Waals surface area contributed by atoms with E-state index in [2.05, 4.69) is 4.99 Å². The maximum atomic E-state index is 14.2. The summed E-state index contributed by atoms with van der Waals surface area (Å²) in [5.74, 6) is -4.07. The molecule has 1 aromatic rings. The average molecular weight is 299 g/mol. The number of halogens is 3. The van der Waals surface area contributed by atoms with Crippen molar-refractivity contribution in [3.8, 4) is 0 Å². The van der Waals surface area contributed by atoms with Crippen LogP contribution in [0.15, 0.2) is 23.2 Å². The number of amidine groups is 1. The van der Waals surface area contributed by atoms with Crippen molar-refractivity contribution < 1.29 is 17.9 Å². The maximum Gasteiger partial charge on any atom is 0.283 e. The first-order chi connectivity index (χ1) is 9.71. The average Bonchev–Trinajstić information content (AvgIpc) is 2.67. The molecule has 1 aliphatic carbocycles. The standard InChI is InChI=1S/C14H16F3N3O/c1-13(8-4-7(18)2-3-10(8)15)9-5-14(16,17)6-11(9)21-12(19)20-13/h2-4,9,11H,5-6,18H2,1H3,(H2,19,20). The molecule has 21 heavy (non-hydrogen) atoms. The number of alkyl halides is 2. The zero-order valence-electron chi connectivity index (χ0n) is 11.4. The van der Waals surface area contributed by atoms with Crippen molar-refractivity contribution in [2.45, 2.75) is 37.3 Å². The van der Waals surface area contributed by atoms with Crippen molar-refractivity contribution in [2.24, 2.45) is 16.6 Å². The Morgan fingerprint density at radius 2 is 2.00 bits per heavy atom. The van der Waals surface area contributed by atoms with Crippen LogP contribution in [0, 0.1) is 11.7 Å². The molecule has 1 fully saturated rings. The molecule has 3 unspecified atom stereocenters. The Kier molecular flexibility index (Phi) is 2.86. The third kappa shape index (κ3) is 2.20. The lowest BCUT2D eigenvalue weighted by atomic mass is 9.77. The van der Waals surface area contributed by atoms with Crippen molar-refractivity contribution >= 4 is 11.7 Å². The largest absolute Gasteiger partial charge is 0.461 e. The Bertz CT molecular complexity index is 619. The van der Waals surface area contributed by atoms with Gasteiger partial charge < -0.3 is 16.2 Å². The maximum absolute atomic E-state index is 14.2. The minimum atomic E-state index is -2.87.